The molecule has 19 heavy (non-hydrogen) atoms. The predicted molar refractivity (Wildman–Crippen MR) is 66.8 cm³/mol. The Morgan fingerprint density at radius 3 is 2.37 bits per heavy atom. The van der Waals surface area contributed by atoms with Crippen LogP contribution in [0.2, 0.25) is 0 Å². The maximum absolute atomic E-state index is 13.0. The number of nitro groups is 1. The second-order valence-corrected chi connectivity index (χ2v) is 3.91. The fraction of sp³-hybridized carbons (Fsp3) is 0.0769. The highest BCUT2D eigenvalue weighted by Gasteiger charge is 2.11. The molecule has 0 saturated heterocycles. The van der Waals surface area contributed by atoms with Crippen LogP contribution in [0.4, 0.5) is 20.2 Å². The zero-order valence-electron chi connectivity index (χ0n) is 9.77. The summed E-state index contributed by atoms with van der Waals surface area (Å²) < 4.78 is 26.0. The number of anilines is 1. The van der Waals surface area contributed by atoms with Gasteiger partial charge in [0.25, 0.3) is 5.69 Å². The van der Waals surface area contributed by atoms with Crippen molar-refractivity contribution in [2.45, 2.75) is 6.54 Å². The quantitative estimate of drug-likeness (QED) is 0.679. The average Bonchev–Trinajstić information content (AvgIpc) is 2.35. The first-order valence-corrected chi connectivity index (χ1v) is 5.48. The van der Waals surface area contributed by atoms with Crippen LogP contribution in [0.3, 0.4) is 0 Å². The highest BCUT2D eigenvalue weighted by molar-refractivity contribution is 5.61. The van der Waals surface area contributed by atoms with Crippen LogP contribution >= 0.6 is 0 Å². The molecule has 1 N–H and O–H groups in total. The van der Waals surface area contributed by atoms with Crippen molar-refractivity contribution in [1.82, 2.24) is 0 Å². The normalized spacial score (nSPS) is 10.2. The summed E-state index contributed by atoms with van der Waals surface area (Å²) in [6.45, 7) is 0.0968. The molecule has 2 rings (SSSR count). The lowest BCUT2D eigenvalue weighted by molar-refractivity contribution is -0.384. The van der Waals surface area contributed by atoms with E-state index in [1.165, 1.54) is 24.3 Å². The van der Waals surface area contributed by atoms with Crippen LogP contribution in [-0.2, 0) is 6.54 Å². The Labute approximate surface area is 107 Å². The summed E-state index contributed by atoms with van der Waals surface area (Å²) in [6, 6.07) is 9.19. The number of rotatable bonds is 4. The zero-order chi connectivity index (χ0) is 13.8. The molecular formula is C13H10F2N2O2. The third kappa shape index (κ3) is 3.25. The molecule has 0 aliphatic heterocycles. The van der Waals surface area contributed by atoms with E-state index in [2.05, 4.69) is 5.32 Å². The van der Waals surface area contributed by atoms with E-state index in [4.69, 9.17) is 0 Å². The lowest BCUT2D eigenvalue weighted by atomic mass is 10.2. The van der Waals surface area contributed by atoms with Gasteiger partial charge in [-0.2, -0.15) is 0 Å². The van der Waals surface area contributed by atoms with E-state index >= 15 is 0 Å². The molecule has 4 nitrogen and oxygen atoms in total. The van der Waals surface area contributed by atoms with Gasteiger partial charge in [-0.15, -0.1) is 0 Å². The standard InChI is InChI=1S/C13H10F2N2O2/c14-10-5-9(6-11(15)7-10)8-16-12-3-1-2-4-13(12)17(18)19/h1-7,16H,8H2. The van der Waals surface area contributed by atoms with Crippen molar-refractivity contribution < 1.29 is 13.7 Å². The minimum absolute atomic E-state index is 0.0839. The molecule has 0 atom stereocenters. The van der Waals surface area contributed by atoms with Gasteiger partial charge in [-0.3, -0.25) is 10.1 Å². The zero-order valence-corrected chi connectivity index (χ0v) is 9.77. The summed E-state index contributed by atoms with van der Waals surface area (Å²) >= 11 is 0. The average molecular weight is 264 g/mol. The van der Waals surface area contributed by atoms with Crippen LogP contribution in [0, 0.1) is 21.7 Å². The third-order valence-electron chi connectivity index (χ3n) is 2.51. The molecule has 0 fully saturated rings. The molecule has 0 amide bonds. The number of nitrogens with one attached hydrogen (secondary N) is 1. The minimum Gasteiger partial charge on any atom is -0.375 e. The van der Waals surface area contributed by atoms with Gasteiger partial charge in [0.1, 0.15) is 17.3 Å². The van der Waals surface area contributed by atoms with Gasteiger partial charge in [-0.05, 0) is 23.8 Å². The summed E-state index contributed by atoms with van der Waals surface area (Å²) in [4.78, 5) is 10.3. The Balaban J connectivity index is 2.16. The van der Waals surface area contributed by atoms with Crippen LogP contribution in [0.5, 0.6) is 0 Å². The van der Waals surface area contributed by atoms with Crippen molar-refractivity contribution >= 4 is 11.4 Å². The molecule has 2 aromatic rings. The molecule has 0 unspecified atom stereocenters. The molecule has 0 radical (unpaired) electrons. The highest BCUT2D eigenvalue weighted by atomic mass is 19.1. The van der Waals surface area contributed by atoms with E-state index in [9.17, 15) is 18.9 Å². The topological polar surface area (TPSA) is 55.2 Å². The molecule has 0 spiro atoms. The van der Waals surface area contributed by atoms with Crippen molar-refractivity contribution in [3.63, 3.8) is 0 Å². The van der Waals surface area contributed by atoms with Gasteiger partial charge in [0.15, 0.2) is 0 Å². The molecule has 0 saturated carbocycles. The maximum atomic E-state index is 13.0. The Morgan fingerprint density at radius 1 is 1.11 bits per heavy atom. The predicted octanol–water partition coefficient (Wildman–Crippen LogP) is 3.49. The van der Waals surface area contributed by atoms with Crippen molar-refractivity contribution in [3.05, 3.63) is 69.8 Å². The van der Waals surface area contributed by atoms with Gasteiger partial charge in [0.05, 0.1) is 4.92 Å². The van der Waals surface area contributed by atoms with E-state index in [1.807, 2.05) is 0 Å². The largest absolute Gasteiger partial charge is 0.375 e. The lowest BCUT2D eigenvalue weighted by Gasteiger charge is -2.07. The van der Waals surface area contributed by atoms with Crippen LogP contribution in [0.15, 0.2) is 42.5 Å². The van der Waals surface area contributed by atoms with E-state index in [0.717, 1.165) is 6.07 Å². The molecule has 0 bridgehead atoms. The molecule has 2 aromatic carbocycles. The van der Waals surface area contributed by atoms with E-state index in [1.54, 1.807) is 12.1 Å². The molecule has 0 aromatic heterocycles. The SMILES string of the molecule is O=[N+]([O-])c1ccccc1NCc1cc(F)cc(F)c1. The second-order valence-electron chi connectivity index (χ2n) is 3.91. The van der Waals surface area contributed by atoms with E-state index in [-0.39, 0.29) is 12.2 Å². The van der Waals surface area contributed by atoms with Gasteiger partial charge in [0.2, 0.25) is 0 Å². The third-order valence-corrected chi connectivity index (χ3v) is 2.51. The first-order chi connectivity index (χ1) is 9.06. The molecule has 0 heterocycles. The lowest BCUT2D eigenvalue weighted by Crippen LogP contribution is -2.03. The maximum Gasteiger partial charge on any atom is 0.292 e. The number of hydrogen-bond acceptors (Lipinski definition) is 3. The van der Waals surface area contributed by atoms with E-state index < -0.39 is 16.6 Å². The van der Waals surface area contributed by atoms with Crippen molar-refractivity contribution in [2.24, 2.45) is 0 Å². The number of nitrogens with zero attached hydrogens (tertiary/aromatic N) is 1. The summed E-state index contributed by atoms with van der Waals surface area (Å²) in [6.07, 6.45) is 0. The smallest absolute Gasteiger partial charge is 0.292 e. The van der Waals surface area contributed by atoms with Crippen LogP contribution in [-0.4, -0.2) is 4.92 Å². The first kappa shape index (κ1) is 12.9. The van der Waals surface area contributed by atoms with Crippen molar-refractivity contribution in [3.8, 4) is 0 Å². The van der Waals surface area contributed by atoms with Gasteiger partial charge < -0.3 is 5.32 Å². The van der Waals surface area contributed by atoms with Crippen LogP contribution < -0.4 is 5.32 Å². The summed E-state index contributed by atoms with van der Waals surface area (Å²) in [7, 11) is 0. The first-order valence-electron chi connectivity index (χ1n) is 5.48. The van der Waals surface area contributed by atoms with Gasteiger partial charge >= 0.3 is 0 Å². The van der Waals surface area contributed by atoms with Gasteiger partial charge in [-0.25, -0.2) is 8.78 Å². The number of para-hydroxylation sites is 2. The summed E-state index contributed by atoms with van der Waals surface area (Å²) in [5.74, 6) is -1.36. The van der Waals surface area contributed by atoms with Crippen LogP contribution in [0.1, 0.15) is 5.56 Å². The van der Waals surface area contributed by atoms with Crippen molar-refractivity contribution in [2.75, 3.05) is 5.32 Å². The fourth-order valence-corrected chi connectivity index (χ4v) is 1.69. The molecular weight excluding hydrogens is 254 g/mol. The number of benzene rings is 2. The monoisotopic (exact) mass is 264 g/mol. The van der Waals surface area contributed by atoms with Crippen molar-refractivity contribution in [1.29, 1.82) is 0 Å². The summed E-state index contributed by atoms with van der Waals surface area (Å²) in [5, 5.41) is 13.6. The van der Waals surface area contributed by atoms with Gasteiger partial charge in [0, 0.05) is 18.7 Å². The van der Waals surface area contributed by atoms with Gasteiger partial charge in [-0.1, -0.05) is 12.1 Å². The Kier molecular flexibility index (Phi) is 3.70. The summed E-state index contributed by atoms with van der Waals surface area (Å²) in [5.41, 5.74) is 0.590. The second kappa shape index (κ2) is 5.43. The van der Waals surface area contributed by atoms with Crippen LogP contribution in [0.25, 0.3) is 0 Å². The Bertz CT molecular complexity index is 597. The molecule has 0 aliphatic rings. The van der Waals surface area contributed by atoms with E-state index in [0.29, 0.717) is 11.3 Å². The number of nitro benzene ring substituents is 1. The minimum atomic E-state index is -0.681. The number of hydrogen-bond donors (Lipinski definition) is 1. The number of halogens is 2. The molecule has 0 aliphatic carbocycles. The fourth-order valence-electron chi connectivity index (χ4n) is 1.69. The Morgan fingerprint density at radius 2 is 1.74 bits per heavy atom. The molecule has 98 valence electrons. The Hall–Kier alpha value is -2.50. The highest BCUT2D eigenvalue weighted by Crippen LogP contribution is 2.23. The molecule has 6 heteroatoms.